The third-order valence-electron chi connectivity index (χ3n) is 4.54. The van der Waals surface area contributed by atoms with Crippen LogP contribution in [-0.4, -0.2) is 73.0 Å². The Bertz CT molecular complexity index is 810. The van der Waals surface area contributed by atoms with Gasteiger partial charge in [0.25, 0.3) is 0 Å². The molecule has 0 bridgehead atoms. The van der Waals surface area contributed by atoms with Crippen LogP contribution in [0.4, 0.5) is 0 Å². The van der Waals surface area contributed by atoms with Gasteiger partial charge in [0.2, 0.25) is 0 Å². The number of aliphatic hydroxyl groups is 4. The first kappa shape index (κ1) is 18.8. The van der Waals surface area contributed by atoms with Gasteiger partial charge in [-0.1, -0.05) is 25.2 Å². The maximum Gasteiger partial charge on any atom is 0.147 e. The molecule has 1 aromatic heterocycles. The van der Waals surface area contributed by atoms with Crippen molar-refractivity contribution < 1.29 is 25.2 Å². The van der Waals surface area contributed by atoms with E-state index in [0.29, 0.717) is 16.6 Å². The van der Waals surface area contributed by atoms with Crippen molar-refractivity contribution in [2.45, 2.75) is 56.7 Å². The average molecular weight is 361 g/mol. The summed E-state index contributed by atoms with van der Waals surface area (Å²) < 4.78 is 5.41. The van der Waals surface area contributed by atoms with Crippen LogP contribution >= 0.6 is 0 Å². The van der Waals surface area contributed by atoms with E-state index in [1.807, 2.05) is 12.1 Å². The third-order valence-corrected chi connectivity index (χ3v) is 4.54. The second kappa shape index (κ2) is 8.12. The van der Waals surface area contributed by atoms with E-state index in [4.69, 9.17) is 4.74 Å². The van der Waals surface area contributed by atoms with E-state index in [9.17, 15) is 20.4 Å². The minimum Gasteiger partial charge on any atom is -0.394 e. The van der Waals surface area contributed by atoms with E-state index >= 15 is 0 Å². The molecular formula is C18H23N3O5. The molecule has 1 aromatic carbocycles. The number of rotatable bonds is 4. The number of hydrogen-bond acceptors (Lipinski definition) is 7. The number of aromatic amines is 1. The van der Waals surface area contributed by atoms with Crippen molar-refractivity contribution in [2.24, 2.45) is 0 Å². The fourth-order valence-corrected chi connectivity index (χ4v) is 3.00. The van der Waals surface area contributed by atoms with Crippen molar-refractivity contribution in [3.8, 4) is 11.8 Å². The lowest BCUT2D eigenvalue weighted by Crippen LogP contribution is -2.58. The van der Waals surface area contributed by atoms with Gasteiger partial charge >= 0.3 is 0 Å². The Morgan fingerprint density at radius 2 is 1.96 bits per heavy atom. The molecule has 2 heterocycles. The Hall–Kier alpha value is -2.02. The summed E-state index contributed by atoms with van der Waals surface area (Å²) >= 11 is 0. The molecular weight excluding hydrogens is 338 g/mol. The van der Waals surface area contributed by atoms with Gasteiger partial charge in [-0.3, -0.25) is 0 Å². The first-order valence-corrected chi connectivity index (χ1v) is 8.70. The van der Waals surface area contributed by atoms with Gasteiger partial charge in [-0.15, -0.1) is 0 Å². The fraction of sp³-hybridized carbons (Fsp3) is 0.556. The molecule has 1 saturated heterocycles. The fourth-order valence-electron chi connectivity index (χ4n) is 3.00. The van der Waals surface area contributed by atoms with Crippen LogP contribution in [0.15, 0.2) is 12.1 Å². The molecule has 0 amide bonds. The molecule has 8 nitrogen and oxygen atoms in total. The van der Waals surface area contributed by atoms with E-state index in [1.54, 1.807) is 0 Å². The summed E-state index contributed by atoms with van der Waals surface area (Å²) in [6.07, 6.45) is -3.21. The van der Waals surface area contributed by atoms with E-state index < -0.39 is 37.1 Å². The lowest BCUT2D eigenvalue weighted by molar-refractivity contribution is -0.214. The molecule has 3 rings (SSSR count). The van der Waals surface area contributed by atoms with Gasteiger partial charge in [0.1, 0.15) is 41.6 Å². The Kier molecular flexibility index (Phi) is 5.86. The van der Waals surface area contributed by atoms with Crippen molar-refractivity contribution in [1.82, 2.24) is 15.4 Å². The predicted molar refractivity (Wildman–Crippen MR) is 93.1 cm³/mol. The van der Waals surface area contributed by atoms with Crippen LogP contribution in [0.5, 0.6) is 0 Å². The topological polar surface area (TPSA) is 132 Å². The molecule has 0 spiro atoms. The van der Waals surface area contributed by atoms with Crippen LogP contribution in [-0.2, 0) is 11.2 Å². The van der Waals surface area contributed by atoms with Crippen LogP contribution < -0.4 is 0 Å². The highest BCUT2D eigenvalue weighted by Gasteiger charge is 2.42. The smallest absolute Gasteiger partial charge is 0.147 e. The van der Waals surface area contributed by atoms with Gasteiger partial charge in [0.15, 0.2) is 0 Å². The molecule has 26 heavy (non-hydrogen) atoms. The van der Waals surface area contributed by atoms with Gasteiger partial charge in [0.05, 0.1) is 12.2 Å². The van der Waals surface area contributed by atoms with Crippen LogP contribution in [0.1, 0.15) is 30.9 Å². The molecule has 8 heteroatoms. The zero-order chi connectivity index (χ0) is 18.7. The number of fused-ring (bicyclic) bond motifs is 1. The average Bonchev–Trinajstić information content (AvgIpc) is 3.12. The summed E-state index contributed by atoms with van der Waals surface area (Å²) in [5.74, 6) is 5.72. The normalized spacial score (nSPS) is 28.7. The Balaban J connectivity index is 1.90. The molecule has 140 valence electrons. The maximum atomic E-state index is 10.1. The summed E-state index contributed by atoms with van der Waals surface area (Å²) in [6, 6.07) is 3.89. The largest absolute Gasteiger partial charge is 0.394 e. The first-order chi connectivity index (χ1) is 12.5. The Labute approximate surface area is 150 Å². The summed E-state index contributed by atoms with van der Waals surface area (Å²) in [5.41, 5.74) is 3.05. The molecule has 2 aromatic rings. The van der Waals surface area contributed by atoms with Gasteiger partial charge in [-0.2, -0.15) is 15.4 Å². The molecule has 1 aliphatic rings. The number of aromatic nitrogens is 3. The van der Waals surface area contributed by atoms with Crippen LogP contribution in [0, 0.1) is 11.8 Å². The molecule has 0 aliphatic carbocycles. The lowest BCUT2D eigenvalue weighted by Gasteiger charge is -2.37. The third kappa shape index (κ3) is 3.72. The van der Waals surface area contributed by atoms with E-state index in [1.165, 1.54) is 0 Å². The molecule has 0 unspecified atom stereocenters. The molecule has 0 saturated carbocycles. The zero-order valence-electron chi connectivity index (χ0n) is 14.5. The number of benzene rings is 1. The van der Waals surface area contributed by atoms with Crippen LogP contribution in [0.3, 0.4) is 0 Å². The standard InChI is InChI=1S/C18H23N3O5/c1-2-3-4-10-7-11(15-12(8-10)19-21-20-15)5-6-13-16(23)18(25)17(24)14(9-22)26-13/h7-8,13-14,16-18,22-25H,2-4,9H2,1H3,(H,19,20,21)/t13-,14-,16-,17-,18-/m1/s1. The van der Waals surface area contributed by atoms with Crippen molar-refractivity contribution in [2.75, 3.05) is 6.61 Å². The minimum atomic E-state index is -1.44. The van der Waals surface area contributed by atoms with Gasteiger partial charge in [0, 0.05) is 0 Å². The number of unbranched alkanes of at least 4 members (excludes halogenated alkanes) is 1. The summed E-state index contributed by atoms with van der Waals surface area (Å²) in [6.45, 7) is 1.64. The minimum absolute atomic E-state index is 0.483. The van der Waals surface area contributed by atoms with Crippen molar-refractivity contribution in [1.29, 1.82) is 0 Å². The number of aryl methyl sites for hydroxylation is 1. The van der Waals surface area contributed by atoms with Crippen molar-refractivity contribution in [3.05, 3.63) is 23.3 Å². The summed E-state index contributed by atoms with van der Waals surface area (Å²) in [5, 5.41) is 49.8. The lowest BCUT2D eigenvalue weighted by atomic mass is 9.95. The first-order valence-electron chi connectivity index (χ1n) is 8.70. The van der Waals surface area contributed by atoms with Gasteiger partial charge in [-0.25, -0.2) is 0 Å². The number of nitrogens with zero attached hydrogens (tertiary/aromatic N) is 2. The maximum absolute atomic E-state index is 10.1. The monoisotopic (exact) mass is 361 g/mol. The zero-order valence-corrected chi connectivity index (χ0v) is 14.5. The molecule has 1 aliphatic heterocycles. The van der Waals surface area contributed by atoms with Gasteiger partial charge in [-0.05, 0) is 30.5 Å². The van der Waals surface area contributed by atoms with Crippen LogP contribution in [0.25, 0.3) is 11.0 Å². The molecule has 5 N–H and O–H groups in total. The second-order valence-corrected chi connectivity index (χ2v) is 6.46. The van der Waals surface area contributed by atoms with Gasteiger partial charge < -0.3 is 25.2 Å². The number of ether oxygens (including phenoxy) is 1. The number of aliphatic hydroxyl groups excluding tert-OH is 4. The number of nitrogens with one attached hydrogen (secondary N) is 1. The molecule has 1 fully saturated rings. The quantitative estimate of drug-likeness (QED) is 0.464. The highest BCUT2D eigenvalue weighted by atomic mass is 16.5. The van der Waals surface area contributed by atoms with E-state index in [2.05, 4.69) is 34.2 Å². The predicted octanol–water partition coefficient (Wildman–Crippen LogP) is -0.506. The highest BCUT2D eigenvalue weighted by Crippen LogP contribution is 2.22. The number of H-pyrrole nitrogens is 1. The highest BCUT2D eigenvalue weighted by molar-refractivity contribution is 5.81. The van der Waals surface area contributed by atoms with E-state index in [-0.39, 0.29) is 0 Å². The van der Waals surface area contributed by atoms with Crippen molar-refractivity contribution >= 4 is 11.0 Å². The van der Waals surface area contributed by atoms with Crippen LogP contribution in [0.2, 0.25) is 0 Å². The SMILES string of the molecule is CCCCc1cc(C#C[C@H]2O[C@H](CO)[C@@H](O)[C@H](O)[C@@H]2O)c2n[nH]nc2c1. The van der Waals surface area contributed by atoms with Crippen molar-refractivity contribution in [3.63, 3.8) is 0 Å². The second-order valence-electron chi connectivity index (χ2n) is 6.46. The van der Waals surface area contributed by atoms with E-state index in [0.717, 1.165) is 24.8 Å². The molecule has 5 atom stereocenters. The number of hydrogen-bond donors (Lipinski definition) is 5. The summed E-state index contributed by atoms with van der Waals surface area (Å²) in [7, 11) is 0. The Morgan fingerprint density at radius 1 is 1.15 bits per heavy atom. The Morgan fingerprint density at radius 3 is 2.69 bits per heavy atom. The summed E-state index contributed by atoms with van der Waals surface area (Å²) in [4.78, 5) is 0. The molecule has 0 radical (unpaired) electrons.